The molecule has 1 saturated heterocycles. The molecule has 0 aromatic rings. The van der Waals surface area contributed by atoms with Crippen LogP contribution in [0.4, 0.5) is 0 Å². The van der Waals surface area contributed by atoms with Crippen molar-refractivity contribution < 1.29 is 19.7 Å². The van der Waals surface area contributed by atoms with Crippen LogP contribution in [0.3, 0.4) is 0 Å². The highest BCUT2D eigenvalue weighted by Crippen LogP contribution is 2.16. The van der Waals surface area contributed by atoms with Gasteiger partial charge in [-0.3, -0.25) is 0 Å². The van der Waals surface area contributed by atoms with Crippen molar-refractivity contribution in [2.45, 2.75) is 31.7 Å². The molecule has 0 amide bonds. The zero-order valence-corrected chi connectivity index (χ0v) is 5.49. The number of carboxylic acid groups (broad SMARTS) is 1. The van der Waals surface area contributed by atoms with Crippen LogP contribution in [0, 0.1) is 0 Å². The van der Waals surface area contributed by atoms with Gasteiger partial charge in [0.1, 0.15) is 0 Å². The molecule has 1 aliphatic heterocycles. The fraction of sp³-hybridized carbons (Fsp3) is 0.833. The van der Waals surface area contributed by atoms with Gasteiger partial charge in [-0.1, -0.05) is 0 Å². The lowest BCUT2D eigenvalue weighted by Crippen LogP contribution is -2.33. The van der Waals surface area contributed by atoms with Gasteiger partial charge in [0.05, 0.1) is 0 Å². The number of ether oxygens (including phenoxy) is 1. The highest BCUT2D eigenvalue weighted by Gasteiger charge is 2.25. The molecule has 10 heavy (non-hydrogen) atoms. The lowest BCUT2D eigenvalue weighted by atomic mass is 10.1. The molecule has 4 heteroatoms. The van der Waals surface area contributed by atoms with E-state index in [9.17, 15) is 4.79 Å². The summed E-state index contributed by atoms with van der Waals surface area (Å²) in [7, 11) is 0. The highest BCUT2D eigenvalue weighted by molar-refractivity contribution is 5.72. The molecule has 0 radical (unpaired) electrons. The van der Waals surface area contributed by atoms with Crippen LogP contribution in [0.5, 0.6) is 0 Å². The Morgan fingerprint density at radius 2 is 2.20 bits per heavy atom. The standard InChI is InChI=1S/C6H10O4/c7-5-3-1-2-4(10-5)6(8)9/h4-5,7H,1-3H2,(H,8,9). The minimum Gasteiger partial charge on any atom is -0.479 e. The normalized spacial score (nSPS) is 33.7. The number of carbonyl (C=O) groups is 1. The number of hydrogen-bond acceptors (Lipinski definition) is 3. The third kappa shape index (κ3) is 1.68. The van der Waals surface area contributed by atoms with Crippen molar-refractivity contribution in [2.75, 3.05) is 0 Å². The van der Waals surface area contributed by atoms with Gasteiger partial charge in [-0.05, 0) is 19.3 Å². The van der Waals surface area contributed by atoms with Crippen molar-refractivity contribution in [1.29, 1.82) is 0 Å². The maximum atomic E-state index is 10.3. The van der Waals surface area contributed by atoms with E-state index in [1.54, 1.807) is 0 Å². The van der Waals surface area contributed by atoms with Crippen LogP contribution in [0.25, 0.3) is 0 Å². The number of aliphatic hydroxyl groups is 1. The van der Waals surface area contributed by atoms with E-state index in [0.717, 1.165) is 6.42 Å². The molecule has 0 spiro atoms. The second-order valence-corrected chi connectivity index (χ2v) is 2.35. The summed E-state index contributed by atoms with van der Waals surface area (Å²) in [4.78, 5) is 10.3. The molecule has 58 valence electrons. The second kappa shape index (κ2) is 2.98. The predicted octanol–water partition coefficient (Wildman–Crippen LogP) is -0.0415. The van der Waals surface area contributed by atoms with Crippen molar-refractivity contribution >= 4 is 5.97 Å². The molecule has 0 aromatic heterocycles. The maximum Gasteiger partial charge on any atom is 0.332 e. The van der Waals surface area contributed by atoms with Gasteiger partial charge in [-0.15, -0.1) is 0 Å². The number of hydrogen-bond donors (Lipinski definition) is 2. The van der Waals surface area contributed by atoms with Crippen LogP contribution in [-0.2, 0) is 9.53 Å². The van der Waals surface area contributed by atoms with E-state index in [0.29, 0.717) is 12.8 Å². The lowest BCUT2D eigenvalue weighted by molar-refractivity contribution is -0.188. The van der Waals surface area contributed by atoms with Crippen LogP contribution in [-0.4, -0.2) is 28.6 Å². The fourth-order valence-electron chi connectivity index (χ4n) is 0.985. The zero-order chi connectivity index (χ0) is 7.56. The Bertz CT molecular complexity index is 134. The first kappa shape index (κ1) is 7.50. The van der Waals surface area contributed by atoms with E-state index >= 15 is 0 Å². The lowest BCUT2D eigenvalue weighted by Gasteiger charge is -2.23. The molecular weight excluding hydrogens is 136 g/mol. The van der Waals surface area contributed by atoms with E-state index in [4.69, 9.17) is 14.9 Å². The molecule has 0 bridgehead atoms. The quantitative estimate of drug-likeness (QED) is 0.544. The maximum absolute atomic E-state index is 10.3. The zero-order valence-electron chi connectivity index (χ0n) is 5.49. The van der Waals surface area contributed by atoms with Gasteiger partial charge in [0.2, 0.25) is 0 Å². The van der Waals surface area contributed by atoms with E-state index < -0.39 is 18.4 Å². The molecule has 1 heterocycles. The first-order valence-electron chi connectivity index (χ1n) is 3.26. The summed E-state index contributed by atoms with van der Waals surface area (Å²) in [5.74, 6) is -0.987. The molecule has 2 N–H and O–H groups in total. The molecule has 0 saturated carbocycles. The van der Waals surface area contributed by atoms with Crippen molar-refractivity contribution in [3.63, 3.8) is 0 Å². The van der Waals surface area contributed by atoms with Gasteiger partial charge in [-0.2, -0.15) is 0 Å². The van der Waals surface area contributed by atoms with Crippen LogP contribution >= 0.6 is 0 Å². The van der Waals surface area contributed by atoms with Gasteiger partial charge >= 0.3 is 5.97 Å². The summed E-state index contributed by atoms with van der Waals surface area (Å²) in [6.45, 7) is 0. The summed E-state index contributed by atoms with van der Waals surface area (Å²) >= 11 is 0. The Labute approximate surface area is 58.4 Å². The Kier molecular flexibility index (Phi) is 2.24. The smallest absolute Gasteiger partial charge is 0.332 e. The highest BCUT2D eigenvalue weighted by atomic mass is 16.6. The Hall–Kier alpha value is -0.610. The van der Waals surface area contributed by atoms with Crippen LogP contribution < -0.4 is 0 Å². The van der Waals surface area contributed by atoms with Crippen LogP contribution in [0.1, 0.15) is 19.3 Å². The molecule has 2 unspecified atom stereocenters. The summed E-state index contributed by atoms with van der Waals surface area (Å²) in [6, 6.07) is 0. The van der Waals surface area contributed by atoms with Gasteiger partial charge in [-0.25, -0.2) is 4.79 Å². The molecule has 0 aromatic carbocycles. The Balaban J connectivity index is 2.39. The van der Waals surface area contributed by atoms with Gasteiger partial charge in [0.15, 0.2) is 12.4 Å². The third-order valence-electron chi connectivity index (χ3n) is 1.51. The van der Waals surface area contributed by atoms with Gasteiger partial charge < -0.3 is 14.9 Å². The summed E-state index contributed by atoms with van der Waals surface area (Å²) in [5.41, 5.74) is 0. The van der Waals surface area contributed by atoms with Crippen LogP contribution in [0.15, 0.2) is 0 Å². The SMILES string of the molecule is O=C(O)C1CCCC(O)O1. The molecule has 1 rings (SSSR count). The second-order valence-electron chi connectivity index (χ2n) is 2.35. The molecule has 0 aliphatic carbocycles. The van der Waals surface area contributed by atoms with E-state index in [1.807, 2.05) is 0 Å². The average Bonchev–Trinajstić information content (AvgIpc) is 1.88. The number of aliphatic hydroxyl groups excluding tert-OH is 1. The summed E-state index contributed by atoms with van der Waals surface area (Å²) < 4.78 is 4.70. The Morgan fingerprint density at radius 3 is 2.60 bits per heavy atom. The largest absolute Gasteiger partial charge is 0.479 e. The fourth-order valence-corrected chi connectivity index (χ4v) is 0.985. The molecule has 4 nitrogen and oxygen atoms in total. The van der Waals surface area contributed by atoms with E-state index in [-0.39, 0.29) is 0 Å². The molecule has 1 fully saturated rings. The van der Waals surface area contributed by atoms with Crippen molar-refractivity contribution in [1.82, 2.24) is 0 Å². The number of aliphatic carboxylic acids is 1. The van der Waals surface area contributed by atoms with Crippen molar-refractivity contribution in [2.24, 2.45) is 0 Å². The minimum atomic E-state index is -0.987. The molecule has 1 aliphatic rings. The van der Waals surface area contributed by atoms with Gasteiger partial charge in [0.25, 0.3) is 0 Å². The predicted molar refractivity (Wildman–Crippen MR) is 32.4 cm³/mol. The van der Waals surface area contributed by atoms with Gasteiger partial charge in [0, 0.05) is 0 Å². The number of carboxylic acids is 1. The van der Waals surface area contributed by atoms with Crippen molar-refractivity contribution in [3.8, 4) is 0 Å². The topological polar surface area (TPSA) is 66.8 Å². The first-order chi connectivity index (χ1) is 4.70. The minimum absolute atomic E-state index is 0.506. The average molecular weight is 146 g/mol. The monoisotopic (exact) mass is 146 g/mol. The van der Waals surface area contributed by atoms with E-state index in [2.05, 4.69) is 0 Å². The number of rotatable bonds is 1. The molecule has 2 atom stereocenters. The third-order valence-corrected chi connectivity index (χ3v) is 1.51. The first-order valence-corrected chi connectivity index (χ1v) is 3.26. The van der Waals surface area contributed by atoms with Crippen molar-refractivity contribution in [3.05, 3.63) is 0 Å². The van der Waals surface area contributed by atoms with E-state index in [1.165, 1.54) is 0 Å². The summed E-state index contributed by atoms with van der Waals surface area (Å²) in [6.07, 6.45) is 0.0903. The van der Waals surface area contributed by atoms with Crippen LogP contribution in [0.2, 0.25) is 0 Å². The summed E-state index contributed by atoms with van der Waals surface area (Å²) in [5, 5.41) is 17.3. The molecular formula is C6H10O4. The Morgan fingerprint density at radius 1 is 1.50 bits per heavy atom.